The number of aryl methyl sites for hydroxylation is 1. The maximum absolute atomic E-state index is 5.62. The first-order chi connectivity index (χ1) is 6.67. The van der Waals surface area contributed by atoms with E-state index >= 15 is 0 Å². The van der Waals surface area contributed by atoms with Crippen LogP contribution in [0.2, 0.25) is 0 Å². The first-order valence-electron chi connectivity index (χ1n) is 5.07. The lowest BCUT2D eigenvalue weighted by Crippen LogP contribution is -2.06. The number of furan rings is 1. The van der Waals surface area contributed by atoms with Gasteiger partial charge in [-0.25, -0.2) is 0 Å². The molecular weight excluding hydrogens is 178 g/mol. The first-order valence-corrected chi connectivity index (χ1v) is 5.07. The second-order valence-electron chi connectivity index (χ2n) is 3.53. The van der Waals surface area contributed by atoms with E-state index < -0.39 is 0 Å². The monoisotopic (exact) mass is 197 g/mol. The number of hydrogen-bond donors (Lipinski definition) is 1. The van der Waals surface area contributed by atoms with Gasteiger partial charge in [-0.3, -0.25) is 0 Å². The Morgan fingerprint density at radius 3 is 2.79 bits per heavy atom. The second kappa shape index (κ2) is 5.17. The lowest BCUT2D eigenvalue weighted by atomic mass is 10.2. The summed E-state index contributed by atoms with van der Waals surface area (Å²) in [5.41, 5.74) is 6.58. The van der Waals surface area contributed by atoms with Gasteiger partial charge in [0.15, 0.2) is 0 Å². The molecule has 0 radical (unpaired) electrons. The van der Waals surface area contributed by atoms with Gasteiger partial charge in [0.05, 0.1) is 19.3 Å². The molecule has 1 heterocycles. The maximum Gasteiger partial charge on any atom is 0.118 e. The Bertz CT molecular complexity index is 281. The van der Waals surface area contributed by atoms with Crippen molar-refractivity contribution in [1.29, 1.82) is 0 Å². The molecule has 2 N–H and O–H groups in total. The Labute approximate surface area is 85.2 Å². The van der Waals surface area contributed by atoms with E-state index in [0.717, 1.165) is 23.5 Å². The average Bonchev–Trinajstić information content (AvgIpc) is 2.55. The minimum atomic E-state index is 0.297. The molecule has 0 saturated carbocycles. The molecule has 0 spiro atoms. The lowest BCUT2D eigenvalue weighted by Gasteiger charge is -2.09. The highest BCUT2D eigenvalue weighted by Gasteiger charge is 2.07. The van der Waals surface area contributed by atoms with E-state index in [9.17, 15) is 0 Å². The summed E-state index contributed by atoms with van der Waals surface area (Å²) in [6, 6.07) is 1.97. The fourth-order valence-electron chi connectivity index (χ4n) is 1.18. The van der Waals surface area contributed by atoms with Crippen molar-refractivity contribution in [3.05, 3.63) is 23.2 Å². The summed E-state index contributed by atoms with van der Waals surface area (Å²) in [6.45, 7) is 7.18. The first kappa shape index (κ1) is 11.3. The third-order valence-corrected chi connectivity index (χ3v) is 2.37. The van der Waals surface area contributed by atoms with Gasteiger partial charge >= 0.3 is 0 Å². The molecule has 0 aliphatic rings. The largest absolute Gasteiger partial charge is 0.465 e. The summed E-state index contributed by atoms with van der Waals surface area (Å²) >= 11 is 0. The molecule has 3 heteroatoms. The predicted octanol–water partition coefficient (Wildman–Crippen LogP) is 2.36. The Morgan fingerprint density at radius 1 is 1.57 bits per heavy atom. The van der Waals surface area contributed by atoms with Crippen LogP contribution < -0.4 is 5.73 Å². The van der Waals surface area contributed by atoms with E-state index in [1.807, 2.05) is 13.0 Å². The van der Waals surface area contributed by atoms with E-state index in [-0.39, 0.29) is 0 Å². The van der Waals surface area contributed by atoms with E-state index in [0.29, 0.717) is 19.3 Å². The smallest absolute Gasteiger partial charge is 0.118 e. The van der Waals surface area contributed by atoms with Crippen molar-refractivity contribution in [3.63, 3.8) is 0 Å². The van der Waals surface area contributed by atoms with E-state index in [4.69, 9.17) is 14.9 Å². The van der Waals surface area contributed by atoms with Gasteiger partial charge in [-0.1, -0.05) is 6.92 Å². The second-order valence-corrected chi connectivity index (χ2v) is 3.53. The number of nitrogens with two attached hydrogens (primary N) is 1. The van der Waals surface area contributed by atoms with Crippen LogP contribution in [0.4, 0.5) is 0 Å². The predicted molar refractivity (Wildman–Crippen MR) is 55.9 cm³/mol. The van der Waals surface area contributed by atoms with Gasteiger partial charge < -0.3 is 14.9 Å². The van der Waals surface area contributed by atoms with Crippen LogP contribution in [0, 0.1) is 6.92 Å². The Kier molecular flexibility index (Phi) is 4.17. The van der Waals surface area contributed by atoms with Crippen LogP contribution in [0.3, 0.4) is 0 Å². The van der Waals surface area contributed by atoms with Crippen molar-refractivity contribution in [2.24, 2.45) is 5.73 Å². The molecule has 1 atom stereocenters. The molecule has 0 amide bonds. The van der Waals surface area contributed by atoms with E-state index in [1.165, 1.54) is 0 Å². The maximum atomic E-state index is 5.62. The van der Waals surface area contributed by atoms with E-state index in [2.05, 4.69) is 13.8 Å². The van der Waals surface area contributed by atoms with Crippen molar-refractivity contribution in [2.75, 3.05) is 0 Å². The van der Waals surface area contributed by atoms with Gasteiger partial charge in [0, 0.05) is 5.56 Å². The molecule has 1 aromatic heterocycles. The molecule has 0 fully saturated rings. The summed E-state index contributed by atoms with van der Waals surface area (Å²) in [6.07, 6.45) is 1.33. The van der Waals surface area contributed by atoms with Crippen LogP contribution in [0.25, 0.3) is 0 Å². The van der Waals surface area contributed by atoms with Gasteiger partial charge in [0.2, 0.25) is 0 Å². The molecule has 14 heavy (non-hydrogen) atoms. The van der Waals surface area contributed by atoms with Crippen LogP contribution >= 0.6 is 0 Å². The third-order valence-electron chi connectivity index (χ3n) is 2.37. The van der Waals surface area contributed by atoms with Crippen molar-refractivity contribution in [3.8, 4) is 0 Å². The van der Waals surface area contributed by atoms with Gasteiger partial charge in [-0.2, -0.15) is 0 Å². The topological polar surface area (TPSA) is 48.4 Å². The normalized spacial score (nSPS) is 13.1. The van der Waals surface area contributed by atoms with Gasteiger partial charge in [0.1, 0.15) is 11.5 Å². The molecule has 80 valence electrons. The van der Waals surface area contributed by atoms with Crippen LogP contribution in [0.5, 0.6) is 0 Å². The number of hydrogen-bond acceptors (Lipinski definition) is 3. The average molecular weight is 197 g/mol. The zero-order chi connectivity index (χ0) is 10.6. The lowest BCUT2D eigenvalue weighted by molar-refractivity contribution is 0.0502. The van der Waals surface area contributed by atoms with Crippen LogP contribution in [0.15, 0.2) is 10.5 Å². The SMILES string of the molecule is CCC(C)OCc1cc(CN)oc1C. The molecule has 0 bridgehead atoms. The van der Waals surface area contributed by atoms with Gasteiger partial charge in [-0.05, 0) is 26.3 Å². The molecule has 0 saturated heterocycles. The molecule has 1 aromatic rings. The molecule has 1 rings (SSSR count). The van der Waals surface area contributed by atoms with E-state index in [1.54, 1.807) is 0 Å². The van der Waals surface area contributed by atoms with Crippen molar-refractivity contribution in [1.82, 2.24) is 0 Å². The Hall–Kier alpha value is -0.800. The summed E-state index contributed by atoms with van der Waals surface area (Å²) in [4.78, 5) is 0. The Balaban J connectivity index is 2.53. The molecular formula is C11H19NO2. The zero-order valence-corrected chi connectivity index (χ0v) is 9.17. The third kappa shape index (κ3) is 2.86. The van der Waals surface area contributed by atoms with Crippen LogP contribution in [-0.4, -0.2) is 6.10 Å². The van der Waals surface area contributed by atoms with Crippen molar-refractivity contribution >= 4 is 0 Å². The zero-order valence-electron chi connectivity index (χ0n) is 9.17. The number of ether oxygens (including phenoxy) is 1. The highest BCUT2D eigenvalue weighted by molar-refractivity contribution is 5.19. The highest BCUT2D eigenvalue weighted by Crippen LogP contribution is 2.16. The fourth-order valence-corrected chi connectivity index (χ4v) is 1.18. The summed E-state index contributed by atoms with van der Waals surface area (Å²) < 4.78 is 11.0. The summed E-state index contributed by atoms with van der Waals surface area (Å²) in [7, 11) is 0. The van der Waals surface area contributed by atoms with Gasteiger partial charge in [-0.15, -0.1) is 0 Å². The van der Waals surface area contributed by atoms with Crippen LogP contribution in [0.1, 0.15) is 37.4 Å². The molecule has 0 aliphatic carbocycles. The molecule has 1 unspecified atom stereocenters. The van der Waals surface area contributed by atoms with Crippen molar-refractivity contribution < 1.29 is 9.15 Å². The molecule has 0 aromatic carbocycles. The summed E-state index contributed by atoms with van der Waals surface area (Å²) in [5, 5.41) is 0. The standard InChI is InChI=1S/C11H19NO2/c1-4-8(2)13-7-10-5-11(6-12)14-9(10)3/h5,8H,4,6-7,12H2,1-3H3. The fraction of sp³-hybridized carbons (Fsp3) is 0.636. The van der Waals surface area contributed by atoms with Gasteiger partial charge in [0.25, 0.3) is 0 Å². The minimum absolute atomic E-state index is 0.297. The summed E-state index contributed by atoms with van der Waals surface area (Å²) in [5.74, 6) is 1.74. The van der Waals surface area contributed by atoms with Crippen molar-refractivity contribution in [2.45, 2.75) is 46.4 Å². The number of rotatable bonds is 5. The Morgan fingerprint density at radius 2 is 2.29 bits per heavy atom. The quantitative estimate of drug-likeness (QED) is 0.788. The molecule has 0 aliphatic heterocycles. The van der Waals surface area contributed by atoms with Crippen LogP contribution in [-0.2, 0) is 17.9 Å². The molecule has 3 nitrogen and oxygen atoms in total. The highest BCUT2D eigenvalue weighted by atomic mass is 16.5. The minimum Gasteiger partial charge on any atom is -0.465 e.